The fourth-order valence-electron chi connectivity index (χ4n) is 3.10. The molecule has 1 aliphatic rings. The molecule has 10 nitrogen and oxygen atoms in total. The first kappa shape index (κ1) is 25.4. The summed E-state index contributed by atoms with van der Waals surface area (Å²) in [7, 11) is -2.85. The molecule has 1 saturated heterocycles. The quantitative estimate of drug-likeness (QED) is 0.451. The number of methoxy groups -OCH3 is 1. The Balaban J connectivity index is 2.34. The van der Waals surface area contributed by atoms with Gasteiger partial charge in [0.15, 0.2) is 4.91 Å². The van der Waals surface area contributed by atoms with E-state index in [4.69, 9.17) is 14.9 Å². The number of carbonyl (C=O) groups is 1. The monoisotopic (exact) mass is 467 g/mol. The van der Waals surface area contributed by atoms with Gasteiger partial charge in [-0.05, 0) is 17.4 Å². The van der Waals surface area contributed by atoms with Crippen LogP contribution in [0.2, 0.25) is 0 Å². The molecule has 0 aliphatic carbocycles. The molecule has 11 heteroatoms. The van der Waals surface area contributed by atoms with E-state index in [0.29, 0.717) is 30.0 Å². The molecule has 0 bridgehead atoms. The lowest BCUT2D eigenvalue weighted by atomic mass is 9.94. The van der Waals surface area contributed by atoms with Crippen molar-refractivity contribution in [2.45, 2.75) is 53.4 Å². The standard InChI is InChI=1S/C21H33N5O5S/c1-12(2)14-8-16(30-7)24-17(13(3)4)18(14)25-20(27)26-32(28,29)15(9-22)19-23-10-21(5,6)11-31-19/h8-9,12-13,22-23H,10-11H2,1-7H3,(H2,25,26,27)/b19-15-,22-9?. The predicted molar refractivity (Wildman–Crippen MR) is 124 cm³/mol. The van der Waals surface area contributed by atoms with Crippen LogP contribution < -0.4 is 20.1 Å². The molecule has 1 fully saturated rings. The molecule has 1 aromatic heterocycles. The van der Waals surface area contributed by atoms with Gasteiger partial charge in [-0.2, -0.15) is 0 Å². The summed E-state index contributed by atoms with van der Waals surface area (Å²) in [5.41, 5.74) is 1.58. The summed E-state index contributed by atoms with van der Waals surface area (Å²) in [6, 6.07) is 0.754. The van der Waals surface area contributed by atoms with Crippen molar-refractivity contribution in [3.8, 4) is 5.88 Å². The maximum Gasteiger partial charge on any atom is 0.333 e. The Hall–Kier alpha value is -2.82. The third-order valence-electron chi connectivity index (χ3n) is 4.88. The van der Waals surface area contributed by atoms with Gasteiger partial charge in [0.05, 0.1) is 25.1 Å². The number of pyridine rings is 1. The van der Waals surface area contributed by atoms with Crippen molar-refractivity contribution in [3.05, 3.63) is 28.1 Å². The molecule has 178 valence electrons. The molecule has 32 heavy (non-hydrogen) atoms. The summed E-state index contributed by atoms with van der Waals surface area (Å²) >= 11 is 0. The number of carbonyl (C=O) groups excluding carboxylic acids is 1. The molecule has 1 aliphatic heterocycles. The summed E-state index contributed by atoms with van der Waals surface area (Å²) in [6.07, 6.45) is 0.643. The van der Waals surface area contributed by atoms with Gasteiger partial charge in [0.2, 0.25) is 11.8 Å². The Morgan fingerprint density at radius 1 is 1.31 bits per heavy atom. The number of amides is 2. The third-order valence-corrected chi connectivity index (χ3v) is 6.21. The second-order valence-corrected chi connectivity index (χ2v) is 10.7. The van der Waals surface area contributed by atoms with Crippen molar-refractivity contribution < 1.29 is 22.7 Å². The van der Waals surface area contributed by atoms with E-state index in [0.717, 1.165) is 5.56 Å². The first-order valence-corrected chi connectivity index (χ1v) is 11.8. The van der Waals surface area contributed by atoms with Crippen LogP contribution in [-0.2, 0) is 14.8 Å². The van der Waals surface area contributed by atoms with Crippen LogP contribution in [0.25, 0.3) is 0 Å². The zero-order valence-electron chi connectivity index (χ0n) is 19.6. The summed E-state index contributed by atoms with van der Waals surface area (Å²) in [5.74, 6) is 0.308. The maximum atomic E-state index is 12.8. The lowest BCUT2D eigenvalue weighted by molar-refractivity contribution is 0.0621. The third kappa shape index (κ3) is 5.90. The van der Waals surface area contributed by atoms with Gasteiger partial charge in [0.25, 0.3) is 10.0 Å². The van der Waals surface area contributed by atoms with E-state index < -0.39 is 21.0 Å². The number of hydrogen-bond donors (Lipinski definition) is 4. The van der Waals surface area contributed by atoms with Crippen LogP contribution in [0.15, 0.2) is 16.9 Å². The van der Waals surface area contributed by atoms with Crippen LogP contribution in [-0.4, -0.2) is 45.9 Å². The number of sulfonamides is 1. The van der Waals surface area contributed by atoms with Crippen molar-refractivity contribution in [2.24, 2.45) is 5.41 Å². The fraction of sp³-hybridized carbons (Fsp3) is 0.571. The molecule has 0 spiro atoms. The highest BCUT2D eigenvalue weighted by atomic mass is 32.2. The molecule has 1 aromatic rings. The largest absolute Gasteiger partial charge is 0.481 e. The molecule has 2 rings (SSSR count). The van der Waals surface area contributed by atoms with Gasteiger partial charge in [-0.15, -0.1) is 0 Å². The van der Waals surface area contributed by atoms with Crippen molar-refractivity contribution in [1.29, 1.82) is 5.41 Å². The Bertz CT molecular complexity index is 974. The van der Waals surface area contributed by atoms with Gasteiger partial charge in [0.1, 0.15) is 0 Å². The highest BCUT2D eigenvalue weighted by molar-refractivity contribution is 7.94. The summed E-state index contributed by atoms with van der Waals surface area (Å²) < 4.78 is 38.4. The minimum Gasteiger partial charge on any atom is -0.481 e. The van der Waals surface area contributed by atoms with Crippen LogP contribution in [0.5, 0.6) is 5.88 Å². The van der Waals surface area contributed by atoms with E-state index in [1.165, 1.54) is 7.11 Å². The highest BCUT2D eigenvalue weighted by Crippen LogP contribution is 2.34. The van der Waals surface area contributed by atoms with Crippen LogP contribution >= 0.6 is 0 Å². The maximum absolute atomic E-state index is 12.8. The molecule has 2 heterocycles. The molecule has 0 aromatic carbocycles. The van der Waals surface area contributed by atoms with Gasteiger partial charge in [-0.25, -0.2) is 22.9 Å². The zero-order chi connectivity index (χ0) is 24.3. The van der Waals surface area contributed by atoms with Gasteiger partial charge < -0.3 is 25.5 Å². The topological polar surface area (TPSA) is 142 Å². The number of urea groups is 1. The van der Waals surface area contributed by atoms with Crippen molar-refractivity contribution in [1.82, 2.24) is 15.0 Å². The number of ether oxygens (including phenoxy) is 2. The molecular formula is C21H33N5O5S. The van der Waals surface area contributed by atoms with E-state index in [1.54, 1.807) is 6.07 Å². The predicted octanol–water partition coefficient (Wildman–Crippen LogP) is 3.25. The highest BCUT2D eigenvalue weighted by Gasteiger charge is 2.31. The first-order chi connectivity index (χ1) is 14.8. The molecule has 0 unspecified atom stereocenters. The smallest absolute Gasteiger partial charge is 0.333 e. The number of allylic oxidation sites excluding steroid dienone is 1. The number of aromatic nitrogens is 1. The first-order valence-electron chi connectivity index (χ1n) is 10.4. The van der Waals surface area contributed by atoms with Crippen molar-refractivity contribution in [2.75, 3.05) is 25.6 Å². The summed E-state index contributed by atoms with van der Waals surface area (Å²) in [5, 5.41) is 13.1. The summed E-state index contributed by atoms with van der Waals surface area (Å²) in [4.78, 5) is 16.7. The van der Waals surface area contributed by atoms with Gasteiger partial charge in [0, 0.05) is 24.2 Å². The molecule has 0 saturated carbocycles. The van der Waals surface area contributed by atoms with Gasteiger partial charge in [-0.3, -0.25) is 0 Å². The van der Waals surface area contributed by atoms with Crippen molar-refractivity contribution in [3.63, 3.8) is 0 Å². The Labute approximate surface area is 189 Å². The number of nitrogens with zero attached hydrogens (tertiary/aromatic N) is 1. The molecule has 2 amide bonds. The van der Waals surface area contributed by atoms with Crippen LogP contribution in [0.4, 0.5) is 10.5 Å². The Morgan fingerprint density at radius 3 is 2.44 bits per heavy atom. The fourth-order valence-corrected chi connectivity index (χ4v) is 4.04. The molecular weight excluding hydrogens is 434 g/mol. The van der Waals surface area contributed by atoms with Gasteiger partial charge >= 0.3 is 6.03 Å². The molecule has 0 radical (unpaired) electrons. The Morgan fingerprint density at radius 2 is 1.97 bits per heavy atom. The number of rotatable bonds is 7. The summed E-state index contributed by atoms with van der Waals surface area (Å²) in [6.45, 7) is 12.4. The minimum absolute atomic E-state index is 0.0127. The zero-order valence-corrected chi connectivity index (χ0v) is 20.4. The second-order valence-electron chi connectivity index (χ2n) is 9.03. The van der Waals surface area contributed by atoms with E-state index >= 15 is 0 Å². The average molecular weight is 468 g/mol. The number of anilines is 1. The minimum atomic E-state index is -4.37. The van der Waals surface area contributed by atoms with Gasteiger partial charge in [-0.1, -0.05) is 41.5 Å². The SMILES string of the molecule is COc1cc(C(C)C)c(NC(=O)NS(=O)(=O)/C(C=N)=C2/NCC(C)(C)CO2)c(C(C)C)n1. The molecule has 0 atom stereocenters. The van der Waals surface area contributed by atoms with E-state index in [2.05, 4.69) is 15.6 Å². The van der Waals surface area contributed by atoms with Crippen LogP contribution in [0.1, 0.15) is 64.6 Å². The van der Waals surface area contributed by atoms with Crippen LogP contribution in [0.3, 0.4) is 0 Å². The normalized spacial score (nSPS) is 17.3. The lowest BCUT2D eigenvalue weighted by Crippen LogP contribution is -2.42. The second kappa shape index (κ2) is 9.76. The average Bonchev–Trinajstić information content (AvgIpc) is 2.68. The number of nitrogens with one attached hydrogen (secondary N) is 4. The molecule has 4 N–H and O–H groups in total. The van der Waals surface area contributed by atoms with Crippen molar-refractivity contribution >= 4 is 28.0 Å². The Kier molecular flexibility index (Phi) is 7.76. The lowest BCUT2D eigenvalue weighted by Gasteiger charge is -2.32. The van der Waals surface area contributed by atoms with E-state index in [9.17, 15) is 13.2 Å². The van der Waals surface area contributed by atoms with E-state index in [1.807, 2.05) is 46.3 Å². The number of hydrogen-bond acceptors (Lipinski definition) is 8. The van der Waals surface area contributed by atoms with E-state index in [-0.39, 0.29) is 29.7 Å². The van der Waals surface area contributed by atoms with Crippen LogP contribution in [0, 0.1) is 10.8 Å².